The van der Waals surface area contributed by atoms with Crippen molar-refractivity contribution in [2.24, 2.45) is 0 Å². The van der Waals surface area contributed by atoms with Gasteiger partial charge in [-0.1, -0.05) is 6.07 Å². The van der Waals surface area contributed by atoms with Crippen molar-refractivity contribution < 1.29 is 4.74 Å². The summed E-state index contributed by atoms with van der Waals surface area (Å²) in [5, 5.41) is 3.42. The Morgan fingerprint density at radius 3 is 2.75 bits per heavy atom. The number of fused-ring (bicyclic) bond motifs is 1. The summed E-state index contributed by atoms with van der Waals surface area (Å²) in [4.78, 5) is 0. The number of methoxy groups -OCH3 is 1. The quantitative estimate of drug-likeness (QED) is 0.844. The van der Waals surface area contributed by atoms with Gasteiger partial charge in [0.15, 0.2) is 0 Å². The van der Waals surface area contributed by atoms with Gasteiger partial charge in [0.2, 0.25) is 0 Å². The number of rotatable bonds is 3. The third-order valence-corrected chi connectivity index (χ3v) is 3.94. The lowest BCUT2D eigenvalue weighted by molar-refractivity contribution is 0.341. The molecule has 2 rings (SSSR count). The summed E-state index contributed by atoms with van der Waals surface area (Å²) in [5.41, 5.74) is 3.10. The lowest BCUT2D eigenvalue weighted by atomic mass is 9.83. The highest BCUT2D eigenvalue weighted by Gasteiger charge is 2.34. The fourth-order valence-corrected chi connectivity index (χ4v) is 2.64. The van der Waals surface area contributed by atoms with E-state index in [4.69, 9.17) is 4.74 Å². The van der Waals surface area contributed by atoms with Crippen LogP contribution in [-0.4, -0.2) is 19.7 Å². The van der Waals surface area contributed by atoms with Crippen LogP contribution in [-0.2, 0) is 6.42 Å². The van der Waals surface area contributed by atoms with Gasteiger partial charge in [-0.15, -0.1) is 0 Å². The molecule has 2 nitrogen and oxygen atoms in total. The van der Waals surface area contributed by atoms with Crippen LogP contribution in [0.4, 0.5) is 0 Å². The molecule has 0 aromatic heterocycles. The first-order valence-corrected chi connectivity index (χ1v) is 5.94. The molecule has 1 aromatic rings. The largest absolute Gasteiger partial charge is 0.497 e. The highest BCUT2D eigenvalue weighted by Crippen LogP contribution is 2.41. The summed E-state index contributed by atoms with van der Waals surface area (Å²) in [6.07, 6.45) is 2.40. The topological polar surface area (TPSA) is 21.3 Å². The number of hydrogen-bond donors (Lipinski definition) is 1. The Hall–Kier alpha value is -1.02. The maximum atomic E-state index is 5.27. The number of nitrogens with one attached hydrogen (secondary N) is 1. The van der Waals surface area contributed by atoms with Crippen molar-refractivity contribution in [3.05, 3.63) is 29.3 Å². The minimum absolute atomic E-state index is 0.167. The molecule has 0 bridgehead atoms. The molecule has 0 radical (unpaired) electrons. The summed E-state index contributed by atoms with van der Waals surface area (Å²) in [6.45, 7) is 4.55. The molecule has 1 atom stereocenters. The summed E-state index contributed by atoms with van der Waals surface area (Å²) in [5.74, 6) is 1.58. The van der Waals surface area contributed by atoms with E-state index >= 15 is 0 Å². The molecule has 0 saturated heterocycles. The van der Waals surface area contributed by atoms with Crippen molar-refractivity contribution in [2.75, 3.05) is 14.2 Å². The molecule has 1 aromatic carbocycles. The van der Waals surface area contributed by atoms with Gasteiger partial charge in [0.25, 0.3) is 0 Å². The first-order chi connectivity index (χ1) is 7.58. The van der Waals surface area contributed by atoms with Crippen LogP contribution in [0, 0.1) is 0 Å². The molecule has 88 valence electrons. The van der Waals surface area contributed by atoms with E-state index in [1.165, 1.54) is 24.0 Å². The number of ether oxygens (including phenoxy) is 1. The van der Waals surface area contributed by atoms with Gasteiger partial charge >= 0.3 is 0 Å². The van der Waals surface area contributed by atoms with Crippen LogP contribution >= 0.6 is 0 Å². The smallest absolute Gasteiger partial charge is 0.119 e. The van der Waals surface area contributed by atoms with Crippen LogP contribution < -0.4 is 10.1 Å². The zero-order chi connectivity index (χ0) is 11.8. The average molecular weight is 219 g/mol. The summed E-state index contributed by atoms with van der Waals surface area (Å²) < 4.78 is 5.27. The third kappa shape index (κ3) is 1.82. The molecule has 1 unspecified atom stereocenters. The Labute approximate surface area is 98.0 Å². The first kappa shape index (κ1) is 11.5. The highest BCUT2D eigenvalue weighted by atomic mass is 16.5. The SMILES string of the molecule is CNC(C)(C)C1CCc2cc(OC)ccc21. The Morgan fingerprint density at radius 2 is 2.12 bits per heavy atom. The normalized spacial score (nSPS) is 19.6. The molecule has 0 aliphatic heterocycles. The molecule has 0 spiro atoms. The zero-order valence-corrected chi connectivity index (χ0v) is 10.6. The minimum atomic E-state index is 0.167. The number of hydrogen-bond acceptors (Lipinski definition) is 2. The Balaban J connectivity index is 2.34. The third-order valence-electron chi connectivity index (χ3n) is 3.94. The predicted octanol–water partition coefficient (Wildman–Crippen LogP) is 2.72. The summed E-state index contributed by atoms with van der Waals surface area (Å²) >= 11 is 0. The lowest BCUT2D eigenvalue weighted by Crippen LogP contribution is -2.41. The molecule has 2 heteroatoms. The van der Waals surface area contributed by atoms with Crippen LogP contribution in [0.25, 0.3) is 0 Å². The monoisotopic (exact) mass is 219 g/mol. The van der Waals surface area contributed by atoms with Gasteiger partial charge < -0.3 is 10.1 Å². The van der Waals surface area contributed by atoms with Crippen molar-refractivity contribution in [2.45, 2.75) is 38.1 Å². The average Bonchev–Trinajstić information content (AvgIpc) is 2.72. The van der Waals surface area contributed by atoms with Crippen LogP contribution in [0.5, 0.6) is 5.75 Å². The highest BCUT2D eigenvalue weighted by molar-refractivity contribution is 5.42. The Morgan fingerprint density at radius 1 is 1.38 bits per heavy atom. The van der Waals surface area contributed by atoms with E-state index in [-0.39, 0.29) is 5.54 Å². The van der Waals surface area contributed by atoms with E-state index in [1.807, 2.05) is 7.05 Å². The van der Waals surface area contributed by atoms with Crippen molar-refractivity contribution in [3.8, 4) is 5.75 Å². The molecular formula is C14H21NO. The van der Waals surface area contributed by atoms with Gasteiger partial charge in [-0.05, 0) is 57.0 Å². The standard InChI is InChI=1S/C14H21NO/c1-14(2,15-3)13-8-5-10-9-11(16-4)6-7-12(10)13/h6-7,9,13,15H,5,8H2,1-4H3. The molecule has 0 saturated carbocycles. The van der Waals surface area contributed by atoms with Crippen LogP contribution in [0.3, 0.4) is 0 Å². The van der Waals surface area contributed by atoms with E-state index in [0.717, 1.165) is 5.75 Å². The second kappa shape index (κ2) is 4.10. The maximum absolute atomic E-state index is 5.27. The number of benzene rings is 1. The van der Waals surface area contributed by atoms with Gasteiger partial charge in [0.05, 0.1) is 7.11 Å². The summed E-state index contributed by atoms with van der Waals surface area (Å²) in [7, 11) is 3.77. The van der Waals surface area contributed by atoms with E-state index in [2.05, 4.69) is 37.4 Å². The Bertz CT molecular complexity index is 384. The molecule has 0 fully saturated rings. The van der Waals surface area contributed by atoms with Crippen molar-refractivity contribution in [1.82, 2.24) is 5.32 Å². The van der Waals surface area contributed by atoms with Crippen molar-refractivity contribution >= 4 is 0 Å². The molecule has 1 aliphatic carbocycles. The van der Waals surface area contributed by atoms with Crippen LogP contribution in [0.15, 0.2) is 18.2 Å². The second-order valence-electron chi connectivity index (χ2n) is 5.13. The number of aryl methyl sites for hydroxylation is 1. The van der Waals surface area contributed by atoms with Gasteiger partial charge in [-0.3, -0.25) is 0 Å². The van der Waals surface area contributed by atoms with Crippen molar-refractivity contribution in [3.63, 3.8) is 0 Å². The second-order valence-corrected chi connectivity index (χ2v) is 5.13. The molecule has 0 amide bonds. The van der Waals surface area contributed by atoms with Crippen LogP contribution in [0.2, 0.25) is 0 Å². The maximum Gasteiger partial charge on any atom is 0.119 e. The molecular weight excluding hydrogens is 198 g/mol. The fourth-order valence-electron chi connectivity index (χ4n) is 2.64. The van der Waals surface area contributed by atoms with E-state index in [0.29, 0.717) is 5.92 Å². The lowest BCUT2D eigenvalue weighted by Gasteiger charge is -2.32. The van der Waals surface area contributed by atoms with Gasteiger partial charge in [0, 0.05) is 11.5 Å². The van der Waals surface area contributed by atoms with E-state index < -0.39 is 0 Å². The first-order valence-electron chi connectivity index (χ1n) is 5.94. The van der Waals surface area contributed by atoms with Gasteiger partial charge in [0.1, 0.15) is 5.75 Å². The molecule has 0 heterocycles. The minimum Gasteiger partial charge on any atom is -0.497 e. The zero-order valence-electron chi connectivity index (χ0n) is 10.6. The Kier molecular flexibility index (Phi) is 2.94. The van der Waals surface area contributed by atoms with Crippen LogP contribution in [0.1, 0.15) is 37.3 Å². The van der Waals surface area contributed by atoms with E-state index in [1.54, 1.807) is 7.11 Å². The van der Waals surface area contributed by atoms with Crippen molar-refractivity contribution in [1.29, 1.82) is 0 Å². The molecule has 16 heavy (non-hydrogen) atoms. The van der Waals surface area contributed by atoms with Gasteiger partial charge in [-0.25, -0.2) is 0 Å². The van der Waals surface area contributed by atoms with Gasteiger partial charge in [-0.2, -0.15) is 0 Å². The predicted molar refractivity (Wildman–Crippen MR) is 67.2 cm³/mol. The molecule has 1 N–H and O–H groups in total. The number of likely N-dealkylation sites (N-methyl/N-ethyl adjacent to an activating group) is 1. The summed E-state index contributed by atoms with van der Waals surface area (Å²) in [6, 6.07) is 6.48. The van der Waals surface area contributed by atoms with E-state index in [9.17, 15) is 0 Å². The fraction of sp³-hybridized carbons (Fsp3) is 0.571. The molecule has 1 aliphatic rings.